The largest absolute Gasteiger partial charge is 0.356 e. The molecule has 5 heteroatoms. The molecule has 0 unspecified atom stereocenters. The molecule has 0 atom stereocenters. The first-order valence-electron chi connectivity index (χ1n) is 9.30. The van der Waals surface area contributed by atoms with E-state index in [0.29, 0.717) is 18.1 Å². The lowest BCUT2D eigenvalue weighted by molar-refractivity contribution is -0.121. The van der Waals surface area contributed by atoms with Gasteiger partial charge < -0.3 is 10.2 Å². The first-order chi connectivity index (χ1) is 12.9. The predicted molar refractivity (Wildman–Crippen MR) is 111 cm³/mol. The number of amides is 2. The number of anilines is 1. The van der Waals surface area contributed by atoms with Crippen molar-refractivity contribution in [1.82, 2.24) is 5.32 Å². The Bertz CT molecular complexity index is 787. The van der Waals surface area contributed by atoms with Crippen molar-refractivity contribution in [1.29, 1.82) is 0 Å². The van der Waals surface area contributed by atoms with E-state index in [4.69, 9.17) is 11.6 Å². The number of aryl methyl sites for hydroxylation is 2. The molecule has 0 bridgehead atoms. The van der Waals surface area contributed by atoms with Gasteiger partial charge in [0, 0.05) is 37.1 Å². The maximum absolute atomic E-state index is 12.2. The number of carbonyl (C=O) groups is 2. The van der Waals surface area contributed by atoms with Crippen molar-refractivity contribution in [2.45, 2.75) is 40.0 Å². The summed E-state index contributed by atoms with van der Waals surface area (Å²) in [6.45, 7) is 6.55. The predicted octanol–water partition coefficient (Wildman–Crippen LogP) is 4.31. The molecule has 0 aromatic heterocycles. The maximum atomic E-state index is 12.2. The molecule has 0 aliphatic rings. The summed E-state index contributed by atoms with van der Waals surface area (Å²) in [4.78, 5) is 26.1. The smallest absolute Gasteiger partial charge is 0.223 e. The monoisotopic (exact) mass is 386 g/mol. The number of para-hydroxylation sites is 1. The third kappa shape index (κ3) is 6.10. The van der Waals surface area contributed by atoms with Crippen LogP contribution in [0.25, 0.3) is 0 Å². The average molecular weight is 387 g/mol. The van der Waals surface area contributed by atoms with Gasteiger partial charge in [0.05, 0.1) is 0 Å². The molecule has 27 heavy (non-hydrogen) atoms. The molecule has 2 aromatic rings. The highest BCUT2D eigenvalue weighted by atomic mass is 35.5. The van der Waals surface area contributed by atoms with Crippen molar-refractivity contribution in [2.75, 3.05) is 18.0 Å². The highest BCUT2D eigenvalue weighted by molar-refractivity contribution is 6.30. The van der Waals surface area contributed by atoms with Gasteiger partial charge >= 0.3 is 0 Å². The number of nitrogens with zero attached hydrogens (tertiary/aromatic N) is 1. The van der Waals surface area contributed by atoms with Crippen LogP contribution in [0.4, 0.5) is 5.69 Å². The normalized spacial score (nSPS) is 10.5. The summed E-state index contributed by atoms with van der Waals surface area (Å²) in [6, 6.07) is 13.6. The number of hydrogen-bond acceptors (Lipinski definition) is 2. The van der Waals surface area contributed by atoms with E-state index in [-0.39, 0.29) is 18.2 Å². The van der Waals surface area contributed by atoms with Gasteiger partial charge in [-0.3, -0.25) is 9.59 Å². The molecule has 0 heterocycles. The number of halogens is 1. The van der Waals surface area contributed by atoms with Gasteiger partial charge in [-0.15, -0.1) is 0 Å². The third-order valence-corrected chi connectivity index (χ3v) is 4.82. The van der Waals surface area contributed by atoms with Crippen LogP contribution in [0.15, 0.2) is 42.5 Å². The SMILES string of the molecule is CCc1cccc(C)c1N(CCC(=O)NCCc1ccc(Cl)cc1)C(C)=O. The standard InChI is InChI=1S/C22H27ClN2O2/c1-4-19-7-5-6-16(2)22(19)25(17(3)26)15-13-21(27)24-14-12-18-8-10-20(23)11-9-18/h5-11H,4,12-15H2,1-3H3,(H,24,27). The lowest BCUT2D eigenvalue weighted by atomic mass is 10.0. The molecule has 1 N–H and O–H groups in total. The summed E-state index contributed by atoms with van der Waals surface area (Å²) in [5, 5.41) is 3.63. The zero-order chi connectivity index (χ0) is 19.8. The van der Waals surface area contributed by atoms with E-state index < -0.39 is 0 Å². The van der Waals surface area contributed by atoms with Gasteiger partial charge in [-0.05, 0) is 48.6 Å². The molecule has 0 spiro atoms. The third-order valence-electron chi connectivity index (χ3n) is 4.56. The molecule has 4 nitrogen and oxygen atoms in total. The Morgan fingerprint density at radius 1 is 1.11 bits per heavy atom. The highest BCUT2D eigenvalue weighted by Crippen LogP contribution is 2.26. The van der Waals surface area contributed by atoms with Crippen LogP contribution in [0, 0.1) is 6.92 Å². The Morgan fingerprint density at radius 3 is 2.44 bits per heavy atom. The molecule has 0 saturated heterocycles. The van der Waals surface area contributed by atoms with Crippen LogP contribution in [0.2, 0.25) is 5.02 Å². The van der Waals surface area contributed by atoms with Crippen LogP contribution in [0.5, 0.6) is 0 Å². The van der Waals surface area contributed by atoms with Crippen LogP contribution in [-0.2, 0) is 22.4 Å². The van der Waals surface area contributed by atoms with E-state index in [2.05, 4.69) is 12.2 Å². The zero-order valence-corrected chi connectivity index (χ0v) is 17.0. The minimum Gasteiger partial charge on any atom is -0.356 e. The summed E-state index contributed by atoms with van der Waals surface area (Å²) in [7, 11) is 0. The second-order valence-corrected chi connectivity index (χ2v) is 7.02. The summed E-state index contributed by atoms with van der Waals surface area (Å²) >= 11 is 5.87. The molecule has 2 amide bonds. The topological polar surface area (TPSA) is 49.4 Å². The number of carbonyl (C=O) groups excluding carboxylic acids is 2. The first-order valence-corrected chi connectivity index (χ1v) is 9.68. The fourth-order valence-corrected chi connectivity index (χ4v) is 3.24. The zero-order valence-electron chi connectivity index (χ0n) is 16.2. The summed E-state index contributed by atoms with van der Waals surface area (Å²) in [5.74, 6) is -0.102. The van der Waals surface area contributed by atoms with Crippen LogP contribution in [-0.4, -0.2) is 24.9 Å². The average Bonchev–Trinajstić information content (AvgIpc) is 2.64. The van der Waals surface area contributed by atoms with Crippen molar-refractivity contribution < 1.29 is 9.59 Å². The van der Waals surface area contributed by atoms with E-state index in [1.165, 1.54) is 0 Å². The van der Waals surface area contributed by atoms with E-state index >= 15 is 0 Å². The number of hydrogen-bond donors (Lipinski definition) is 1. The molecule has 144 valence electrons. The van der Waals surface area contributed by atoms with E-state index in [9.17, 15) is 9.59 Å². The number of rotatable bonds is 8. The summed E-state index contributed by atoms with van der Waals surface area (Å²) < 4.78 is 0. The fraction of sp³-hybridized carbons (Fsp3) is 0.364. The van der Waals surface area contributed by atoms with Gasteiger partial charge in [0.25, 0.3) is 0 Å². The van der Waals surface area contributed by atoms with Crippen LogP contribution in [0.1, 0.15) is 37.0 Å². The lowest BCUT2D eigenvalue weighted by Crippen LogP contribution is -2.35. The Kier molecular flexibility index (Phi) is 7.86. The molecule has 2 rings (SSSR count). The van der Waals surface area contributed by atoms with Gasteiger partial charge in [-0.2, -0.15) is 0 Å². The van der Waals surface area contributed by atoms with Crippen LogP contribution >= 0.6 is 11.6 Å². The van der Waals surface area contributed by atoms with E-state index in [1.54, 1.807) is 11.8 Å². The van der Waals surface area contributed by atoms with Gasteiger partial charge in [-0.1, -0.05) is 48.9 Å². The minimum atomic E-state index is -0.0538. The van der Waals surface area contributed by atoms with Gasteiger partial charge in [0.1, 0.15) is 0 Å². The molecule has 0 radical (unpaired) electrons. The minimum absolute atomic E-state index is 0.0482. The van der Waals surface area contributed by atoms with Crippen molar-refractivity contribution in [3.05, 3.63) is 64.2 Å². The second kappa shape index (κ2) is 10.1. The Balaban J connectivity index is 1.91. The van der Waals surface area contributed by atoms with Crippen molar-refractivity contribution in [2.24, 2.45) is 0 Å². The van der Waals surface area contributed by atoms with E-state index in [1.807, 2.05) is 49.4 Å². The van der Waals surface area contributed by atoms with Crippen molar-refractivity contribution in [3.8, 4) is 0 Å². The number of benzene rings is 2. The lowest BCUT2D eigenvalue weighted by Gasteiger charge is -2.25. The van der Waals surface area contributed by atoms with Crippen molar-refractivity contribution >= 4 is 29.1 Å². The Morgan fingerprint density at radius 2 is 1.81 bits per heavy atom. The summed E-state index contributed by atoms with van der Waals surface area (Å²) in [6.07, 6.45) is 1.86. The molecule has 0 aliphatic heterocycles. The Hall–Kier alpha value is -2.33. The molecule has 2 aromatic carbocycles. The quantitative estimate of drug-likeness (QED) is 0.734. The summed E-state index contributed by atoms with van der Waals surface area (Å²) in [5.41, 5.74) is 4.22. The maximum Gasteiger partial charge on any atom is 0.223 e. The molecular weight excluding hydrogens is 360 g/mol. The van der Waals surface area contributed by atoms with E-state index in [0.717, 1.165) is 35.2 Å². The fourth-order valence-electron chi connectivity index (χ4n) is 3.12. The Labute approximate surface area is 166 Å². The second-order valence-electron chi connectivity index (χ2n) is 6.58. The molecule has 0 saturated carbocycles. The van der Waals surface area contributed by atoms with Crippen LogP contribution < -0.4 is 10.2 Å². The van der Waals surface area contributed by atoms with Crippen LogP contribution in [0.3, 0.4) is 0 Å². The van der Waals surface area contributed by atoms with Gasteiger partial charge in [0.2, 0.25) is 11.8 Å². The molecular formula is C22H27ClN2O2. The van der Waals surface area contributed by atoms with Crippen molar-refractivity contribution in [3.63, 3.8) is 0 Å². The first kappa shape index (κ1) is 21.0. The highest BCUT2D eigenvalue weighted by Gasteiger charge is 2.18. The van der Waals surface area contributed by atoms with Gasteiger partial charge in [0.15, 0.2) is 0 Å². The van der Waals surface area contributed by atoms with Gasteiger partial charge in [-0.25, -0.2) is 0 Å². The molecule has 0 fully saturated rings. The number of nitrogens with one attached hydrogen (secondary N) is 1. The molecule has 0 aliphatic carbocycles.